The third-order valence-corrected chi connectivity index (χ3v) is 5.81. The van der Waals surface area contributed by atoms with Gasteiger partial charge in [0.1, 0.15) is 5.69 Å². The number of benzene rings is 1. The maximum Gasteiger partial charge on any atom is 0.418 e. The predicted molar refractivity (Wildman–Crippen MR) is 128 cm³/mol. The van der Waals surface area contributed by atoms with Gasteiger partial charge in [0.15, 0.2) is 11.6 Å². The minimum Gasteiger partial charge on any atom is -0.491 e. The molecule has 0 spiro atoms. The highest BCUT2D eigenvalue weighted by atomic mass is 79.9. The predicted octanol–water partition coefficient (Wildman–Crippen LogP) is 4.07. The van der Waals surface area contributed by atoms with E-state index in [2.05, 4.69) is 46.8 Å². The second kappa shape index (κ2) is 10.4. The van der Waals surface area contributed by atoms with Crippen molar-refractivity contribution in [2.75, 3.05) is 48.8 Å². The van der Waals surface area contributed by atoms with Gasteiger partial charge in [-0.1, -0.05) is 0 Å². The van der Waals surface area contributed by atoms with Crippen molar-refractivity contribution in [3.8, 4) is 5.75 Å². The van der Waals surface area contributed by atoms with Crippen molar-refractivity contribution >= 4 is 45.0 Å². The number of amides is 1. The molecule has 3 aromatic rings. The maximum atomic E-state index is 14.0. The number of hydrogen-bond donors (Lipinski definition) is 3. The Morgan fingerprint density at radius 2 is 1.97 bits per heavy atom. The van der Waals surface area contributed by atoms with Crippen molar-refractivity contribution < 1.29 is 22.7 Å². The Hall–Kier alpha value is -3.45. The highest BCUT2D eigenvalue weighted by Crippen LogP contribution is 2.39. The molecule has 1 saturated heterocycles. The molecule has 35 heavy (non-hydrogen) atoms. The highest BCUT2D eigenvalue weighted by molar-refractivity contribution is 9.10. The van der Waals surface area contributed by atoms with Gasteiger partial charge in [-0.15, -0.1) is 0 Å². The SMILES string of the molecule is COc1cnc(N2CCNCC2)nc1Nc1ccc(NC(=O)c2ncccc2Br)cc1C(F)(F)F. The van der Waals surface area contributed by atoms with Gasteiger partial charge in [0.05, 0.1) is 24.6 Å². The van der Waals surface area contributed by atoms with E-state index < -0.39 is 17.6 Å². The molecule has 0 unspecified atom stereocenters. The van der Waals surface area contributed by atoms with Gasteiger partial charge in [-0.05, 0) is 46.3 Å². The van der Waals surface area contributed by atoms with E-state index >= 15 is 0 Å². The number of alkyl halides is 3. The maximum absolute atomic E-state index is 14.0. The fraction of sp³-hybridized carbons (Fsp3) is 0.273. The normalized spacial score (nSPS) is 13.9. The van der Waals surface area contributed by atoms with E-state index in [1.54, 1.807) is 12.1 Å². The average molecular weight is 552 g/mol. The minimum absolute atomic E-state index is 0.0402. The molecule has 184 valence electrons. The highest BCUT2D eigenvalue weighted by Gasteiger charge is 2.34. The van der Waals surface area contributed by atoms with Crippen molar-refractivity contribution in [3.63, 3.8) is 0 Å². The molecule has 0 radical (unpaired) electrons. The van der Waals surface area contributed by atoms with Crippen LogP contribution in [0, 0.1) is 0 Å². The first-order chi connectivity index (χ1) is 16.8. The smallest absolute Gasteiger partial charge is 0.418 e. The van der Waals surface area contributed by atoms with E-state index in [-0.39, 0.29) is 28.6 Å². The Morgan fingerprint density at radius 1 is 1.20 bits per heavy atom. The number of halogens is 4. The molecule has 4 rings (SSSR count). The van der Waals surface area contributed by atoms with Crippen LogP contribution in [0.2, 0.25) is 0 Å². The molecular formula is C22H21BrF3N7O2. The minimum atomic E-state index is -4.71. The summed E-state index contributed by atoms with van der Waals surface area (Å²) in [5.41, 5.74) is -1.23. The van der Waals surface area contributed by atoms with Crippen LogP contribution in [0.1, 0.15) is 16.1 Å². The van der Waals surface area contributed by atoms with Gasteiger partial charge < -0.3 is 25.6 Å². The van der Waals surface area contributed by atoms with Gasteiger partial charge in [0.25, 0.3) is 5.91 Å². The molecule has 1 fully saturated rings. The van der Waals surface area contributed by atoms with Crippen LogP contribution in [0.4, 0.5) is 36.3 Å². The summed E-state index contributed by atoms with van der Waals surface area (Å²) in [6, 6.07) is 6.66. The number of anilines is 4. The lowest BCUT2D eigenvalue weighted by Gasteiger charge is -2.27. The van der Waals surface area contributed by atoms with Crippen molar-refractivity contribution in [2.24, 2.45) is 0 Å². The molecule has 1 aromatic carbocycles. The molecule has 1 amide bonds. The molecule has 1 aliphatic heterocycles. The quantitative estimate of drug-likeness (QED) is 0.421. The van der Waals surface area contributed by atoms with Crippen LogP contribution in [0.15, 0.2) is 47.2 Å². The van der Waals surface area contributed by atoms with E-state index in [0.717, 1.165) is 19.2 Å². The number of piperazine rings is 1. The monoisotopic (exact) mass is 551 g/mol. The van der Waals surface area contributed by atoms with Gasteiger partial charge in [-0.2, -0.15) is 18.2 Å². The molecule has 3 heterocycles. The fourth-order valence-corrected chi connectivity index (χ4v) is 3.89. The zero-order valence-electron chi connectivity index (χ0n) is 18.5. The molecule has 0 bridgehead atoms. The second-order valence-corrected chi connectivity index (χ2v) is 8.35. The summed E-state index contributed by atoms with van der Waals surface area (Å²) in [5, 5.41) is 8.40. The molecule has 13 heteroatoms. The van der Waals surface area contributed by atoms with Crippen LogP contribution < -0.4 is 25.6 Å². The lowest BCUT2D eigenvalue weighted by molar-refractivity contribution is -0.136. The van der Waals surface area contributed by atoms with Gasteiger partial charge in [0, 0.05) is 42.5 Å². The first-order valence-electron chi connectivity index (χ1n) is 10.5. The standard InChI is InChI=1S/C22H21BrF3N7O2/c1-35-17-12-29-21(33-9-7-27-8-10-33)32-19(17)31-16-5-4-13(11-14(16)22(24,25)26)30-20(34)18-15(23)3-2-6-28-18/h2-6,11-12,27H,7-10H2,1H3,(H,30,34)(H,29,31,32). The van der Waals surface area contributed by atoms with E-state index in [9.17, 15) is 18.0 Å². The van der Waals surface area contributed by atoms with Gasteiger partial charge >= 0.3 is 6.18 Å². The van der Waals surface area contributed by atoms with Crippen LogP contribution in [-0.2, 0) is 6.18 Å². The zero-order valence-corrected chi connectivity index (χ0v) is 20.1. The van der Waals surface area contributed by atoms with Gasteiger partial charge in [0.2, 0.25) is 5.95 Å². The van der Waals surface area contributed by atoms with Crippen molar-refractivity contribution in [3.05, 3.63) is 58.5 Å². The summed E-state index contributed by atoms with van der Waals surface area (Å²) in [7, 11) is 1.38. The van der Waals surface area contributed by atoms with Crippen LogP contribution in [-0.4, -0.2) is 54.1 Å². The summed E-state index contributed by atoms with van der Waals surface area (Å²) in [6.07, 6.45) is -1.88. The van der Waals surface area contributed by atoms with E-state index in [0.29, 0.717) is 23.5 Å². The number of rotatable bonds is 6. The number of carbonyl (C=O) groups is 1. The molecule has 0 aliphatic carbocycles. The number of ether oxygens (including phenoxy) is 1. The third kappa shape index (κ3) is 5.80. The number of methoxy groups -OCH3 is 1. The summed E-state index contributed by atoms with van der Waals surface area (Å²) in [6.45, 7) is 2.83. The summed E-state index contributed by atoms with van der Waals surface area (Å²) in [5.74, 6) is 0.0164. The topological polar surface area (TPSA) is 104 Å². The zero-order chi connectivity index (χ0) is 25.0. The Bertz CT molecular complexity index is 1220. The largest absolute Gasteiger partial charge is 0.491 e. The molecule has 0 atom stereocenters. The Kier molecular flexibility index (Phi) is 7.36. The number of nitrogens with one attached hydrogen (secondary N) is 3. The third-order valence-electron chi connectivity index (χ3n) is 5.17. The summed E-state index contributed by atoms with van der Waals surface area (Å²) < 4.78 is 47.5. The Morgan fingerprint density at radius 3 is 2.66 bits per heavy atom. The van der Waals surface area contributed by atoms with Crippen LogP contribution in [0.25, 0.3) is 0 Å². The summed E-state index contributed by atoms with van der Waals surface area (Å²) >= 11 is 3.21. The lowest BCUT2D eigenvalue weighted by atomic mass is 10.1. The van der Waals surface area contributed by atoms with Crippen LogP contribution in [0.5, 0.6) is 5.75 Å². The molecule has 9 nitrogen and oxygen atoms in total. The number of hydrogen-bond acceptors (Lipinski definition) is 8. The lowest BCUT2D eigenvalue weighted by Crippen LogP contribution is -2.44. The van der Waals surface area contributed by atoms with E-state index in [4.69, 9.17) is 4.74 Å². The fourth-order valence-electron chi connectivity index (χ4n) is 3.45. The number of aromatic nitrogens is 3. The summed E-state index contributed by atoms with van der Waals surface area (Å²) in [4.78, 5) is 27.1. The molecule has 1 aliphatic rings. The van der Waals surface area contributed by atoms with Crippen molar-refractivity contribution in [2.45, 2.75) is 6.18 Å². The van der Waals surface area contributed by atoms with E-state index in [1.807, 2.05) is 4.90 Å². The number of pyridine rings is 1. The average Bonchev–Trinajstić information content (AvgIpc) is 2.85. The Balaban J connectivity index is 1.63. The van der Waals surface area contributed by atoms with Crippen molar-refractivity contribution in [1.82, 2.24) is 20.3 Å². The Labute approximate surface area is 207 Å². The van der Waals surface area contributed by atoms with E-state index in [1.165, 1.54) is 31.6 Å². The molecule has 0 saturated carbocycles. The second-order valence-electron chi connectivity index (χ2n) is 7.50. The first-order valence-corrected chi connectivity index (χ1v) is 11.3. The number of nitrogens with zero attached hydrogens (tertiary/aromatic N) is 4. The van der Waals surface area contributed by atoms with Gasteiger partial charge in [-0.3, -0.25) is 4.79 Å². The van der Waals surface area contributed by atoms with Crippen LogP contribution in [0.3, 0.4) is 0 Å². The molecular weight excluding hydrogens is 531 g/mol. The molecule has 3 N–H and O–H groups in total. The number of carbonyl (C=O) groups excluding carboxylic acids is 1. The first kappa shape index (κ1) is 24.7. The van der Waals surface area contributed by atoms with Gasteiger partial charge in [-0.25, -0.2) is 9.97 Å². The van der Waals surface area contributed by atoms with Crippen LogP contribution >= 0.6 is 15.9 Å². The van der Waals surface area contributed by atoms with Crippen molar-refractivity contribution in [1.29, 1.82) is 0 Å². The molecule has 2 aromatic heterocycles.